The molecule has 174 valence electrons. The number of unbranched alkanes of at least 4 members (excludes halogenated alkanes) is 4. The van der Waals surface area contributed by atoms with Gasteiger partial charge in [0.1, 0.15) is 11.4 Å². The first-order valence-electron chi connectivity index (χ1n) is 11.2. The molecule has 0 heterocycles. The van der Waals surface area contributed by atoms with Crippen LogP contribution < -0.4 is 0 Å². The molecule has 7 heteroatoms. The van der Waals surface area contributed by atoms with E-state index in [1.807, 2.05) is 0 Å². The molecule has 1 fully saturated rings. The van der Waals surface area contributed by atoms with Crippen molar-refractivity contribution in [3.05, 3.63) is 17.2 Å². The molecule has 7 nitrogen and oxygen atoms in total. The number of rotatable bonds is 15. The molecule has 1 aliphatic carbocycles. The molecule has 0 amide bonds. The summed E-state index contributed by atoms with van der Waals surface area (Å²) in [5.74, 6) is -1.28. The topological polar surface area (TPSA) is 124 Å². The number of aryl methyl sites for hydroxylation is 1. The van der Waals surface area contributed by atoms with E-state index >= 15 is 0 Å². The Morgan fingerprint density at radius 2 is 1.68 bits per heavy atom. The number of phenolic OH excluding ortho intramolecular Hbond substituents is 3. The Hall–Kier alpha value is -2.44. The zero-order valence-electron chi connectivity index (χ0n) is 18.7. The molecule has 0 spiro atoms. The van der Waals surface area contributed by atoms with Crippen LogP contribution in [-0.4, -0.2) is 38.5 Å². The Bertz CT molecular complexity index is 766. The van der Waals surface area contributed by atoms with Crippen LogP contribution in [0.2, 0.25) is 0 Å². The SMILES string of the molecule is CC(C)(CCCCCc1c(O)cc(CCCCCC2(OC=O)CC2)c(O)c1O)C(=O)O. The molecule has 0 radical (unpaired) electrons. The summed E-state index contributed by atoms with van der Waals surface area (Å²) in [6.45, 7) is 3.93. The number of benzene rings is 1. The van der Waals surface area contributed by atoms with Gasteiger partial charge in [-0.1, -0.05) is 19.3 Å². The summed E-state index contributed by atoms with van der Waals surface area (Å²) in [5.41, 5.74) is -0.149. The lowest BCUT2D eigenvalue weighted by Crippen LogP contribution is -2.23. The van der Waals surface area contributed by atoms with E-state index < -0.39 is 11.4 Å². The number of carbonyl (C=O) groups excluding carboxylic acids is 1. The molecule has 4 N–H and O–H groups in total. The molecule has 0 unspecified atom stereocenters. The predicted octanol–water partition coefficient (Wildman–Crippen LogP) is 4.83. The summed E-state index contributed by atoms with van der Waals surface area (Å²) in [4.78, 5) is 21.6. The number of aromatic hydroxyl groups is 3. The van der Waals surface area contributed by atoms with Crippen molar-refractivity contribution in [1.82, 2.24) is 0 Å². The third-order valence-electron chi connectivity index (χ3n) is 6.43. The maximum absolute atomic E-state index is 11.1. The van der Waals surface area contributed by atoms with Gasteiger partial charge in [0.2, 0.25) is 0 Å². The normalized spacial score (nSPS) is 14.9. The Kier molecular flexibility index (Phi) is 8.60. The fourth-order valence-corrected chi connectivity index (χ4v) is 3.93. The quantitative estimate of drug-likeness (QED) is 0.134. The van der Waals surface area contributed by atoms with Crippen molar-refractivity contribution in [3.63, 3.8) is 0 Å². The molecule has 1 saturated carbocycles. The number of phenols is 3. The Labute approximate surface area is 184 Å². The molecule has 1 aromatic carbocycles. The summed E-state index contributed by atoms with van der Waals surface area (Å²) in [7, 11) is 0. The zero-order valence-corrected chi connectivity index (χ0v) is 18.7. The fourth-order valence-electron chi connectivity index (χ4n) is 3.93. The second-order valence-electron chi connectivity index (χ2n) is 9.44. The maximum atomic E-state index is 11.1. The van der Waals surface area contributed by atoms with Crippen molar-refractivity contribution < 1.29 is 34.8 Å². The van der Waals surface area contributed by atoms with Crippen LogP contribution in [0.4, 0.5) is 0 Å². The average molecular weight is 437 g/mol. The van der Waals surface area contributed by atoms with Gasteiger partial charge in [-0.2, -0.15) is 0 Å². The van der Waals surface area contributed by atoms with Gasteiger partial charge in [0.15, 0.2) is 11.5 Å². The highest BCUT2D eigenvalue weighted by Crippen LogP contribution is 2.44. The molecule has 31 heavy (non-hydrogen) atoms. The van der Waals surface area contributed by atoms with Gasteiger partial charge in [0.05, 0.1) is 5.41 Å². The van der Waals surface area contributed by atoms with Gasteiger partial charge in [-0.15, -0.1) is 0 Å². The molecule has 0 aliphatic heterocycles. The van der Waals surface area contributed by atoms with Gasteiger partial charge in [-0.25, -0.2) is 0 Å². The highest BCUT2D eigenvalue weighted by atomic mass is 16.5. The highest BCUT2D eigenvalue weighted by molar-refractivity contribution is 5.73. The van der Waals surface area contributed by atoms with Crippen molar-refractivity contribution in [2.24, 2.45) is 5.41 Å². The van der Waals surface area contributed by atoms with Crippen LogP contribution >= 0.6 is 0 Å². The van der Waals surface area contributed by atoms with Gasteiger partial charge >= 0.3 is 5.97 Å². The van der Waals surface area contributed by atoms with Crippen LogP contribution in [0.25, 0.3) is 0 Å². The van der Waals surface area contributed by atoms with E-state index in [1.54, 1.807) is 13.8 Å². The summed E-state index contributed by atoms with van der Waals surface area (Å²) in [5, 5.41) is 40.2. The van der Waals surface area contributed by atoms with Gasteiger partial charge < -0.3 is 25.2 Å². The Morgan fingerprint density at radius 3 is 2.29 bits per heavy atom. The largest absolute Gasteiger partial charge is 0.508 e. The second kappa shape index (κ2) is 10.7. The van der Waals surface area contributed by atoms with Crippen LogP contribution in [0.3, 0.4) is 0 Å². The first-order valence-corrected chi connectivity index (χ1v) is 11.2. The van der Waals surface area contributed by atoms with Gasteiger partial charge in [0.25, 0.3) is 6.47 Å². The van der Waals surface area contributed by atoms with Crippen molar-refractivity contribution in [1.29, 1.82) is 0 Å². The lowest BCUT2D eigenvalue weighted by atomic mass is 9.87. The molecular formula is C24H36O7. The first kappa shape index (κ1) is 24.8. The Morgan fingerprint density at radius 1 is 1.03 bits per heavy atom. The molecule has 0 atom stereocenters. The van der Waals surface area contributed by atoms with Crippen molar-refractivity contribution in [2.75, 3.05) is 0 Å². The summed E-state index contributed by atoms with van der Waals surface area (Å²) in [6.07, 6.45) is 9.02. The number of hydrogen-bond acceptors (Lipinski definition) is 6. The number of carboxylic acids is 1. The van der Waals surface area contributed by atoms with Crippen molar-refractivity contribution in [2.45, 2.75) is 96.5 Å². The van der Waals surface area contributed by atoms with Gasteiger partial charge in [0, 0.05) is 11.1 Å². The van der Waals surface area contributed by atoms with E-state index in [0.29, 0.717) is 43.3 Å². The molecular weight excluding hydrogens is 400 g/mol. The minimum Gasteiger partial charge on any atom is -0.508 e. The minimum atomic E-state index is -0.815. The minimum absolute atomic E-state index is 0.0208. The highest BCUT2D eigenvalue weighted by Gasteiger charge is 2.44. The van der Waals surface area contributed by atoms with Gasteiger partial charge in [-0.3, -0.25) is 9.59 Å². The predicted molar refractivity (Wildman–Crippen MR) is 116 cm³/mol. The standard InChI is InChI=1S/C24H36O7/c1-23(2,22(29)30)11-7-4-6-10-18-19(26)15-17(20(27)21(18)28)9-5-3-8-12-24(13-14-24)31-16-25/h15-16,26-28H,3-14H2,1-2H3,(H,29,30). The third kappa shape index (κ3) is 7.04. The maximum Gasteiger partial charge on any atom is 0.309 e. The van der Waals surface area contributed by atoms with Gasteiger partial charge in [-0.05, 0) is 77.7 Å². The molecule has 0 saturated heterocycles. The average Bonchev–Trinajstić information content (AvgIpc) is 3.47. The number of carboxylic acid groups (broad SMARTS) is 1. The number of carbonyl (C=O) groups is 2. The number of hydrogen-bond donors (Lipinski definition) is 4. The van der Waals surface area contributed by atoms with Crippen molar-refractivity contribution >= 4 is 12.4 Å². The van der Waals surface area contributed by atoms with Crippen LogP contribution in [0, 0.1) is 5.41 Å². The fraction of sp³-hybridized carbons (Fsp3) is 0.667. The van der Waals surface area contributed by atoms with Crippen molar-refractivity contribution in [3.8, 4) is 17.2 Å². The van der Waals surface area contributed by atoms with E-state index in [4.69, 9.17) is 9.84 Å². The zero-order chi connectivity index (χ0) is 23.1. The lowest BCUT2D eigenvalue weighted by molar-refractivity contribution is -0.147. The number of ether oxygens (including phenoxy) is 1. The van der Waals surface area contributed by atoms with E-state index in [9.17, 15) is 24.9 Å². The second-order valence-corrected chi connectivity index (χ2v) is 9.44. The summed E-state index contributed by atoms with van der Waals surface area (Å²) < 4.78 is 5.13. The van der Waals surface area contributed by atoms with E-state index in [2.05, 4.69) is 0 Å². The van der Waals surface area contributed by atoms with E-state index in [-0.39, 0.29) is 22.8 Å². The van der Waals surface area contributed by atoms with Crippen LogP contribution in [0.15, 0.2) is 6.07 Å². The summed E-state index contributed by atoms with van der Waals surface area (Å²) >= 11 is 0. The lowest BCUT2D eigenvalue weighted by Gasteiger charge is -2.18. The Balaban J connectivity index is 1.78. The molecule has 1 aromatic rings. The van der Waals surface area contributed by atoms with E-state index in [0.717, 1.165) is 51.4 Å². The van der Waals surface area contributed by atoms with Crippen LogP contribution in [0.1, 0.15) is 89.2 Å². The monoisotopic (exact) mass is 436 g/mol. The molecule has 0 bridgehead atoms. The molecule has 2 rings (SSSR count). The molecule has 0 aromatic heterocycles. The number of aliphatic carboxylic acids is 1. The summed E-state index contributed by atoms with van der Waals surface area (Å²) in [6, 6.07) is 1.52. The van der Waals surface area contributed by atoms with E-state index in [1.165, 1.54) is 6.07 Å². The third-order valence-corrected chi connectivity index (χ3v) is 6.43. The van der Waals surface area contributed by atoms with Crippen LogP contribution in [-0.2, 0) is 27.2 Å². The van der Waals surface area contributed by atoms with Crippen LogP contribution in [0.5, 0.6) is 17.2 Å². The first-order chi connectivity index (χ1) is 14.6. The smallest absolute Gasteiger partial charge is 0.309 e. The molecule has 1 aliphatic rings.